The highest BCUT2D eigenvalue weighted by atomic mass is 32.2. The zero-order chi connectivity index (χ0) is 14.6. The Morgan fingerprint density at radius 1 is 1.30 bits per heavy atom. The fraction of sp³-hybridized carbons (Fsp3) is 0.308. The molecule has 0 aliphatic carbocycles. The molecule has 6 nitrogen and oxygen atoms in total. The van der Waals surface area contributed by atoms with E-state index >= 15 is 0 Å². The minimum atomic E-state index is -3.42. The van der Waals surface area contributed by atoms with Crippen LogP contribution in [0.15, 0.2) is 36.7 Å². The van der Waals surface area contributed by atoms with Gasteiger partial charge in [0, 0.05) is 26.0 Å². The van der Waals surface area contributed by atoms with Crippen molar-refractivity contribution in [3.05, 3.63) is 53.6 Å². The lowest BCUT2D eigenvalue weighted by Gasteiger charge is -2.10. The fourth-order valence-corrected chi connectivity index (χ4v) is 3.04. The van der Waals surface area contributed by atoms with E-state index in [2.05, 4.69) is 9.71 Å². The minimum absolute atomic E-state index is 0.0786. The number of hydrogen-bond donors (Lipinski definition) is 2. The Balaban J connectivity index is 2.06. The van der Waals surface area contributed by atoms with Crippen LogP contribution in [-0.4, -0.2) is 18.0 Å². The number of aromatic nitrogens is 2. The molecule has 0 aliphatic heterocycles. The summed E-state index contributed by atoms with van der Waals surface area (Å²) < 4.78 is 28.5. The van der Waals surface area contributed by atoms with E-state index in [1.165, 1.54) is 0 Å². The molecule has 0 saturated heterocycles. The van der Waals surface area contributed by atoms with Gasteiger partial charge < -0.3 is 10.3 Å². The summed E-state index contributed by atoms with van der Waals surface area (Å²) in [6.45, 7) is 0.502. The van der Waals surface area contributed by atoms with Crippen molar-refractivity contribution in [2.24, 2.45) is 12.8 Å². The highest BCUT2D eigenvalue weighted by Gasteiger charge is 2.14. The van der Waals surface area contributed by atoms with Gasteiger partial charge in [0.2, 0.25) is 10.0 Å². The zero-order valence-electron chi connectivity index (χ0n) is 11.3. The van der Waals surface area contributed by atoms with E-state index in [0.29, 0.717) is 12.4 Å². The molecule has 2 rings (SSSR count). The predicted octanol–water partition coefficient (Wildman–Crippen LogP) is 0.498. The summed E-state index contributed by atoms with van der Waals surface area (Å²) >= 11 is 0. The molecule has 0 fully saturated rings. The van der Waals surface area contributed by atoms with Crippen LogP contribution in [0.2, 0.25) is 0 Å². The van der Waals surface area contributed by atoms with Crippen molar-refractivity contribution in [3.63, 3.8) is 0 Å². The number of benzene rings is 1. The van der Waals surface area contributed by atoms with E-state index in [1.54, 1.807) is 23.0 Å². The van der Waals surface area contributed by atoms with Crippen molar-refractivity contribution in [2.45, 2.75) is 18.8 Å². The summed E-state index contributed by atoms with van der Waals surface area (Å²) in [6, 6.07) is 7.27. The van der Waals surface area contributed by atoms with E-state index in [0.717, 1.165) is 11.1 Å². The molecular formula is C13H18N4O2S. The first-order valence-electron chi connectivity index (χ1n) is 6.22. The van der Waals surface area contributed by atoms with Crippen LogP contribution in [-0.2, 0) is 35.9 Å². The van der Waals surface area contributed by atoms with Crippen LogP contribution in [0.5, 0.6) is 0 Å². The molecule has 108 valence electrons. The maximum absolute atomic E-state index is 12.1. The van der Waals surface area contributed by atoms with Gasteiger partial charge in [0.15, 0.2) is 0 Å². The number of rotatable bonds is 6. The smallest absolute Gasteiger partial charge is 0.216 e. The summed E-state index contributed by atoms with van der Waals surface area (Å²) in [7, 11) is -1.60. The maximum atomic E-state index is 12.1. The van der Waals surface area contributed by atoms with Crippen molar-refractivity contribution in [1.29, 1.82) is 0 Å². The highest BCUT2D eigenvalue weighted by Crippen LogP contribution is 2.11. The van der Waals surface area contributed by atoms with Crippen LogP contribution in [0.1, 0.15) is 17.0 Å². The Bertz CT molecular complexity index is 679. The first-order chi connectivity index (χ1) is 9.52. The van der Waals surface area contributed by atoms with Gasteiger partial charge in [-0.2, -0.15) is 0 Å². The molecular weight excluding hydrogens is 276 g/mol. The van der Waals surface area contributed by atoms with Crippen molar-refractivity contribution in [3.8, 4) is 0 Å². The molecule has 0 spiro atoms. The van der Waals surface area contributed by atoms with Gasteiger partial charge in [-0.3, -0.25) is 0 Å². The Hall–Kier alpha value is -1.70. The molecule has 0 bridgehead atoms. The lowest BCUT2D eigenvalue weighted by molar-refractivity contribution is 0.576. The van der Waals surface area contributed by atoms with Gasteiger partial charge in [-0.05, 0) is 11.1 Å². The van der Waals surface area contributed by atoms with Crippen LogP contribution in [0.4, 0.5) is 0 Å². The van der Waals surface area contributed by atoms with Gasteiger partial charge in [0.05, 0.1) is 12.3 Å². The molecule has 1 heterocycles. The highest BCUT2D eigenvalue weighted by molar-refractivity contribution is 7.88. The van der Waals surface area contributed by atoms with E-state index in [4.69, 9.17) is 5.73 Å². The fourth-order valence-electron chi connectivity index (χ4n) is 1.89. The molecule has 20 heavy (non-hydrogen) atoms. The number of imidazole rings is 1. The SMILES string of the molecule is Cn1ccnc1CNS(=O)(=O)Cc1ccccc1CN. The van der Waals surface area contributed by atoms with Gasteiger partial charge in [-0.15, -0.1) is 0 Å². The second kappa shape index (κ2) is 6.17. The van der Waals surface area contributed by atoms with Crippen molar-refractivity contribution in [1.82, 2.24) is 14.3 Å². The number of nitrogens with one attached hydrogen (secondary N) is 1. The first kappa shape index (κ1) is 14.7. The van der Waals surface area contributed by atoms with Gasteiger partial charge in [-0.1, -0.05) is 24.3 Å². The number of nitrogens with zero attached hydrogens (tertiary/aromatic N) is 2. The summed E-state index contributed by atoms with van der Waals surface area (Å²) in [4.78, 5) is 4.08. The van der Waals surface area contributed by atoms with E-state index in [9.17, 15) is 8.42 Å². The topological polar surface area (TPSA) is 90.0 Å². The normalized spacial score (nSPS) is 11.7. The second-order valence-corrected chi connectivity index (χ2v) is 6.31. The Morgan fingerprint density at radius 2 is 2.00 bits per heavy atom. The zero-order valence-corrected chi connectivity index (χ0v) is 12.1. The third-order valence-corrected chi connectivity index (χ3v) is 4.33. The van der Waals surface area contributed by atoms with Gasteiger partial charge in [0.25, 0.3) is 0 Å². The third kappa shape index (κ3) is 3.66. The molecule has 0 aliphatic rings. The Kier molecular flexibility index (Phi) is 4.53. The largest absolute Gasteiger partial charge is 0.337 e. The molecule has 0 atom stereocenters. The first-order valence-corrected chi connectivity index (χ1v) is 7.87. The number of aryl methyl sites for hydroxylation is 1. The van der Waals surface area contributed by atoms with E-state index in [1.807, 2.05) is 25.2 Å². The molecule has 0 amide bonds. The predicted molar refractivity (Wildman–Crippen MR) is 77.0 cm³/mol. The average Bonchev–Trinajstić information content (AvgIpc) is 2.82. The molecule has 1 aromatic heterocycles. The van der Waals surface area contributed by atoms with E-state index < -0.39 is 10.0 Å². The quantitative estimate of drug-likeness (QED) is 0.811. The van der Waals surface area contributed by atoms with Crippen LogP contribution in [0.3, 0.4) is 0 Å². The minimum Gasteiger partial charge on any atom is -0.337 e. The van der Waals surface area contributed by atoms with Gasteiger partial charge in [-0.25, -0.2) is 18.1 Å². The van der Waals surface area contributed by atoms with Crippen molar-refractivity contribution < 1.29 is 8.42 Å². The lowest BCUT2D eigenvalue weighted by atomic mass is 10.1. The summed E-state index contributed by atoms with van der Waals surface area (Å²) in [5.41, 5.74) is 7.18. The van der Waals surface area contributed by atoms with Crippen molar-refractivity contribution >= 4 is 10.0 Å². The van der Waals surface area contributed by atoms with Crippen molar-refractivity contribution in [2.75, 3.05) is 0 Å². The Morgan fingerprint density at radius 3 is 2.60 bits per heavy atom. The average molecular weight is 294 g/mol. The molecule has 2 aromatic rings. The molecule has 0 radical (unpaired) electrons. The lowest BCUT2D eigenvalue weighted by Crippen LogP contribution is -2.26. The molecule has 0 saturated carbocycles. The molecule has 1 aromatic carbocycles. The molecule has 7 heteroatoms. The third-order valence-electron chi connectivity index (χ3n) is 3.05. The maximum Gasteiger partial charge on any atom is 0.216 e. The molecule has 0 unspecified atom stereocenters. The monoisotopic (exact) mass is 294 g/mol. The number of hydrogen-bond acceptors (Lipinski definition) is 4. The summed E-state index contributed by atoms with van der Waals surface area (Å²) in [5, 5.41) is 0. The van der Waals surface area contributed by atoms with Gasteiger partial charge in [0.1, 0.15) is 5.82 Å². The number of nitrogens with two attached hydrogens (primary N) is 1. The van der Waals surface area contributed by atoms with Crippen LogP contribution < -0.4 is 10.5 Å². The van der Waals surface area contributed by atoms with Crippen LogP contribution in [0.25, 0.3) is 0 Å². The summed E-state index contributed by atoms with van der Waals surface area (Å²) in [5.74, 6) is 0.589. The number of sulfonamides is 1. The standard InChI is InChI=1S/C13H18N4O2S/c1-17-7-6-15-13(17)9-16-20(18,19)10-12-5-3-2-4-11(12)8-14/h2-7,16H,8-10,14H2,1H3. The summed E-state index contributed by atoms with van der Waals surface area (Å²) in [6.07, 6.45) is 3.40. The van der Waals surface area contributed by atoms with Gasteiger partial charge >= 0.3 is 0 Å². The Labute approximate surface area is 118 Å². The van der Waals surface area contributed by atoms with Crippen LogP contribution >= 0.6 is 0 Å². The molecule has 3 N–H and O–H groups in total. The second-order valence-electron chi connectivity index (χ2n) is 4.51. The van der Waals surface area contributed by atoms with E-state index in [-0.39, 0.29) is 12.3 Å². The van der Waals surface area contributed by atoms with Crippen LogP contribution in [0, 0.1) is 0 Å².